The summed E-state index contributed by atoms with van der Waals surface area (Å²) in [4.78, 5) is 54.9. The second kappa shape index (κ2) is 8.16. The predicted molar refractivity (Wildman–Crippen MR) is 126 cm³/mol. The van der Waals surface area contributed by atoms with Crippen LogP contribution in [0.4, 0.5) is 16.2 Å². The Morgan fingerprint density at radius 3 is 2.54 bits per heavy atom. The van der Waals surface area contributed by atoms with Crippen LogP contribution in [0, 0.1) is 15.5 Å². The molecule has 0 saturated carbocycles. The van der Waals surface area contributed by atoms with Gasteiger partial charge in [-0.2, -0.15) is 0 Å². The molecule has 0 bridgehead atoms. The molecule has 5 rings (SSSR count). The topological polar surface area (TPSA) is 122 Å². The van der Waals surface area contributed by atoms with Gasteiger partial charge in [0, 0.05) is 30.8 Å². The number of amides is 4. The summed E-state index contributed by atoms with van der Waals surface area (Å²) in [6.07, 6.45) is -0.788. The van der Waals surface area contributed by atoms with Crippen LogP contribution >= 0.6 is 0 Å². The van der Waals surface area contributed by atoms with Gasteiger partial charge in [0.25, 0.3) is 5.69 Å². The number of nitro groups is 1. The summed E-state index contributed by atoms with van der Waals surface area (Å²) in [5.41, 5.74) is 0.167. The molecule has 2 saturated heterocycles. The molecule has 2 fully saturated rings. The standard InChI is InChI=1S/C25H26N4O6/c1-14-13-27-20-10-9-19(29(33)34)11-18(20)12-25(21(27)16(3)35-14)22(30)26-24(32)28(23(25)31)15(2)17-7-5-4-6-8-17/h4-11,14-16,21H,12-13H2,1-3H3,(H,26,30,32)/t14-,15+,16+,21+,25-/m1/s1. The summed E-state index contributed by atoms with van der Waals surface area (Å²) in [6, 6.07) is 11.5. The predicted octanol–water partition coefficient (Wildman–Crippen LogP) is 2.96. The van der Waals surface area contributed by atoms with Crippen LogP contribution in [0.25, 0.3) is 0 Å². The van der Waals surface area contributed by atoms with Crippen molar-refractivity contribution >= 4 is 29.2 Å². The van der Waals surface area contributed by atoms with Gasteiger partial charge in [-0.3, -0.25) is 29.9 Å². The number of imide groups is 2. The summed E-state index contributed by atoms with van der Waals surface area (Å²) in [6.45, 7) is 5.84. The number of benzene rings is 2. The number of fused-ring (bicyclic) bond motifs is 4. The molecule has 10 heteroatoms. The zero-order chi connectivity index (χ0) is 25.1. The Hall–Kier alpha value is -3.79. The normalized spacial score (nSPS) is 28.9. The van der Waals surface area contributed by atoms with Crippen molar-refractivity contribution in [3.63, 3.8) is 0 Å². The molecule has 0 unspecified atom stereocenters. The number of barbiturate groups is 1. The smallest absolute Gasteiger partial charge is 0.331 e. The van der Waals surface area contributed by atoms with Crippen molar-refractivity contribution in [1.82, 2.24) is 10.2 Å². The van der Waals surface area contributed by atoms with E-state index in [1.165, 1.54) is 12.1 Å². The Morgan fingerprint density at radius 2 is 1.86 bits per heavy atom. The van der Waals surface area contributed by atoms with Crippen LogP contribution in [-0.2, 0) is 20.7 Å². The lowest BCUT2D eigenvalue weighted by molar-refractivity contribution is -0.384. The quantitative estimate of drug-likeness (QED) is 0.409. The highest BCUT2D eigenvalue weighted by Gasteiger charge is 2.65. The van der Waals surface area contributed by atoms with Crippen LogP contribution in [0.1, 0.15) is 37.9 Å². The van der Waals surface area contributed by atoms with Gasteiger partial charge >= 0.3 is 6.03 Å². The summed E-state index contributed by atoms with van der Waals surface area (Å²) in [5.74, 6) is -1.33. The third-order valence-corrected chi connectivity index (χ3v) is 7.35. The first kappa shape index (κ1) is 23.0. The number of nitrogens with one attached hydrogen (secondary N) is 1. The average molecular weight is 479 g/mol. The van der Waals surface area contributed by atoms with Crippen molar-refractivity contribution < 1.29 is 24.0 Å². The maximum atomic E-state index is 14.3. The molecule has 5 atom stereocenters. The fourth-order valence-electron chi connectivity index (χ4n) is 5.88. The maximum absolute atomic E-state index is 14.3. The van der Waals surface area contributed by atoms with Crippen LogP contribution < -0.4 is 10.2 Å². The molecule has 1 spiro atoms. The highest BCUT2D eigenvalue weighted by atomic mass is 16.6. The second-order valence-electron chi connectivity index (χ2n) is 9.49. The Bertz CT molecular complexity index is 1230. The number of urea groups is 1. The fourth-order valence-corrected chi connectivity index (χ4v) is 5.88. The number of morpholine rings is 1. The largest absolute Gasteiger partial charge is 0.372 e. The van der Waals surface area contributed by atoms with Crippen LogP contribution in [-0.4, -0.2) is 52.5 Å². The number of hydrogen-bond acceptors (Lipinski definition) is 7. The Morgan fingerprint density at radius 1 is 1.14 bits per heavy atom. The summed E-state index contributed by atoms with van der Waals surface area (Å²) < 4.78 is 6.08. The van der Waals surface area contributed by atoms with Gasteiger partial charge in [0.2, 0.25) is 11.8 Å². The zero-order valence-electron chi connectivity index (χ0n) is 19.6. The van der Waals surface area contributed by atoms with Crippen molar-refractivity contribution in [1.29, 1.82) is 0 Å². The summed E-state index contributed by atoms with van der Waals surface area (Å²) in [5, 5.41) is 13.9. The third kappa shape index (κ3) is 3.39. The zero-order valence-corrected chi connectivity index (χ0v) is 19.6. The molecule has 0 radical (unpaired) electrons. The summed E-state index contributed by atoms with van der Waals surface area (Å²) >= 11 is 0. The molecule has 3 heterocycles. The number of anilines is 1. The lowest BCUT2D eigenvalue weighted by atomic mass is 9.66. The van der Waals surface area contributed by atoms with Gasteiger partial charge in [-0.15, -0.1) is 0 Å². The SMILES string of the molecule is C[C@@H]1CN2c3ccc([N+](=O)[O-])cc3C[C@]3(C(=O)NC(=O)N([C@@H](C)c4ccccc4)C3=O)[C@@H]2[C@H](C)O1. The van der Waals surface area contributed by atoms with E-state index >= 15 is 0 Å². The average Bonchev–Trinajstić information content (AvgIpc) is 2.82. The molecule has 10 nitrogen and oxygen atoms in total. The van der Waals surface area contributed by atoms with E-state index in [1.807, 2.05) is 49.1 Å². The molecule has 3 aliphatic heterocycles. The number of non-ortho nitro benzene ring substituents is 1. The molecule has 2 aromatic rings. The molecule has 1 N–H and O–H groups in total. The van der Waals surface area contributed by atoms with E-state index in [0.29, 0.717) is 12.1 Å². The van der Waals surface area contributed by atoms with E-state index < -0.39 is 46.4 Å². The van der Waals surface area contributed by atoms with E-state index in [9.17, 15) is 24.5 Å². The lowest BCUT2D eigenvalue weighted by Crippen LogP contribution is -2.75. The molecule has 4 amide bonds. The van der Waals surface area contributed by atoms with E-state index in [2.05, 4.69) is 5.32 Å². The Labute approximate surface area is 202 Å². The van der Waals surface area contributed by atoms with Crippen LogP contribution in [0.3, 0.4) is 0 Å². The Kier molecular flexibility index (Phi) is 5.36. The van der Waals surface area contributed by atoms with Crippen LogP contribution in [0.2, 0.25) is 0 Å². The molecule has 0 aromatic heterocycles. The van der Waals surface area contributed by atoms with Crippen molar-refractivity contribution in [2.24, 2.45) is 5.41 Å². The number of nitrogens with zero attached hydrogens (tertiary/aromatic N) is 3. The van der Waals surface area contributed by atoms with Gasteiger partial charge < -0.3 is 9.64 Å². The monoisotopic (exact) mass is 478 g/mol. The van der Waals surface area contributed by atoms with Gasteiger partial charge in [-0.1, -0.05) is 30.3 Å². The van der Waals surface area contributed by atoms with Gasteiger partial charge in [-0.05, 0) is 38.0 Å². The van der Waals surface area contributed by atoms with Gasteiger partial charge in [0.15, 0.2) is 5.41 Å². The van der Waals surface area contributed by atoms with Crippen molar-refractivity contribution in [3.8, 4) is 0 Å². The number of hydrogen-bond donors (Lipinski definition) is 1. The first-order valence-electron chi connectivity index (χ1n) is 11.6. The molecule has 182 valence electrons. The number of nitro benzene ring substituents is 1. The fraction of sp³-hybridized carbons (Fsp3) is 0.400. The van der Waals surface area contributed by atoms with E-state index in [4.69, 9.17) is 4.74 Å². The van der Waals surface area contributed by atoms with E-state index in [0.717, 1.165) is 16.2 Å². The van der Waals surface area contributed by atoms with Crippen molar-refractivity contribution in [3.05, 3.63) is 69.8 Å². The maximum Gasteiger partial charge on any atom is 0.331 e. The lowest BCUT2D eigenvalue weighted by Gasteiger charge is -2.56. The first-order valence-corrected chi connectivity index (χ1v) is 11.6. The highest BCUT2D eigenvalue weighted by molar-refractivity contribution is 6.20. The molecule has 2 aromatic carbocycles. The minimum Gasteiger partial charge on any atom is -0.372 e. The number of carbonyl (C=O) groups excluding carboxylic acids is 3. The van der Waals surface area contributed by atoms with Crippen LogP contribution in [0.5, 0.6) is 0 Å². The number of rotatable bonds is 3. The van der Waals surface area contributed by atoms with Crippen molar-refractivity contribution in [2.45, 2.75) is 51.5 Å². The first-order chi connectivity index (χ1) is 16.6. The molecule has 3 aliphatic rings. The minimum atomic E-state index is -1.70. The summed E-state index contributed by atoms with van der Waals surface area (Å²) in [7, 11) is 0. The highest BCUT2D eigenvalue weighted by Crippen LogP contribution is 2.49. The van der Waals surface area contributed by atoms with Crippen LogP contribution in [0.15, 0.2) is 48.5 Å². The third-order valence-electron chi connectivity index (χ3n) is 7.35. The van der Waals surface area contributed by atoms with E-state index in [1.54, 1.807) is 13.0 Å². The molecular weight excluding hydrogens is 452 g/mol. The molecule has 0 aliphatic carbocycles. The van der Waals surface area contributed by atoms with Crippen molar-refractivity contribution in [2.75, 3.05) is 11.4 Å². The molecular formula is C25H26N4O6. The van der Waals surface area contributed by atoms with E-state index in [-0.39, 0.29) is 18.2 Å². The van der Waals surface area contributed by atoms with Gasteiger partial charge in [-0.25, -0.2) is 4.79 Å². The molecule has 35 heavy (non-hydrogen) atoms. The minimum absolute atomic E-state index is 0.0801. The van der Waals surface area contributed by atoms with Gasteiger partial charge in [0.05, 0.1) is 29.2 Å². The number of ether oxygens (including phenoxy) is 1. The number of carbonyl (C=O) groups is 3. The second-order valence-corrected chi connectivity index (χ2v) is 9.49. The Balaban J connectivity index is 1.67. The van der Waals surface area contributed by atoms with Gasteiger partial charge in [0.1, 0.15) is 0 Å².